The number of hydrogen-bond acceptors (Lipinski definition) is 2. The maximum atomic E-state index is 13.9. The van der Waals surface area contributed by atoms with Crippen LogP contribution in [0.5, 0.6) is 5.75 Å². The van der Waals surface area contributed by atoms with Crippen LogP contribution in [0.4, 0.5) is 4.39 Å². The lowest BCUT2D eigenvalue weighted by Crippen LogP contribution is -1.98. The van der Waals surface area contributed by atoms with Gasteiger partial charge in [-0.15, -0.1) is 0 Å². The molecule has 29 heavy (non-hydrogen) atoms. The van der Waals surface area contributed by atoms with Gasteiger partial charge in [0.05, 0.1) is 0 Å². The van der Waals surface area contributed by atoms with Crippen molar-refractivity contribution in [3.63, 3.8) is 0 Å². The van der Waals surface area contributed by atoms with Gasteiger partial charge in [-0.1, -0.05) is 55.1 Å². The highest BCUT2D eigenvalue weighted by Gasteiger charge is 2.15. The van der Waals surface area contributed by atoms with E-state index in [0.717, 1.165) is 44.5 Å². The standard InChI is InChI=1S/C26H22FNO/c1-17(2)22-15-28-26-21(25(22)20-12-13-23(27)18(3)14-20)10-7-11-24(26)29-16-19-8-5-4-6-9-19/h4-15H,1,16H2,2-3H3. The summed E-state index contributed by atoms with van der Waals surface area (Å²) in [7, 11) is 0. The molecule has 0 aliphatic rings. The second-order valence-corrected chi connectivity index (χ2v) is 7.22. The minimum Gasteiger partial charge on any atom is -0.487 e. The van der Waals surface area contributed by atoms with Crippen molar-refractivity contribution in [1.29, 1.82) is 0 Å². The van der Waals surface area contributed by atoms with E-state index in [1.165, 1.54) is 6.07 Å². The van der Waals surface area contributed by atoms with Gasteiger partial charge in [-0.05, 0) is 54.3 Å². The predicted octanol–water partition coefficient (Wildman–Crippen LogP) is 6.96. The van der Waals surface area contributed by atoms with Crippen LogP contribution in [0, 0.1) is 12.7 Å². The molecule has 0 aliphatic carbocycles. The van der Waals surface area contributed by atoms with Crippen LogP contribution in [0.25, 0.3) is 27.6 Å². The molecule has 0 N–H and O–H groups in total. The van der Waals surface area contributed by atoms with Crippen molar-refractivity contribution in [3.8, 4) is 16.9 Å². The molecule has 144 valence electrons. The zero-order valence-corrected chi connectivity index (χ0v) is 16.6. The lowest BCUT2D eigenvalue weighted by molar-refractivity contribution is 0.309. The first-order valence-corrected chi connectivity index (χ1v) is 9.55. The highest BCUT2D eigenvalue weighted by molar-refractivity contribution is 6.02. The van der Waals surface area contributed by atoms with E-state index in [4.69, 9.17) is 4.74 Å². The van der Waals surface area contributed by atoms with Crippen molar-refractivity contribution in [1.82, 2.24) is 4.98 Å². The smallest absolute Gasteiger partial charge is 0.146 e. The van der Waals surface area contributed by atoms with Crippen LogP contribution in [0.2, 0.25) is 0 Å². The second kappa shape index (κ2) is 7.88. The maximum Gasteiger partial charge on any atom is 0.146 e. The Hall–Kier alpha value is -3.46. The topological polar surface area (TPSA) is 22.1 Å². The SMILES string of the molecule is C=C(C)c1cnc2c(OCc3ccccc3)cccc2c1-c1ccc(F)c(C)c1. The van der Waals surface area contributed by atoms with Gasteiger partial charge < -0.3 is 4.74 Å². The third-order valence-corrected chi connectivity index (χ3v) is 5.00. The molecule has 4 rings (SSSR count). The summed E-state index contributed by atoms with van der Waals surface area (Å²) in [6.07, 6.45) is 1.83. The first-order valence-electron chi connectivity index (χ1n) is 9.55. The van der Waals surface area contributed by atoms with Crippen LogP contribution in [0.1, 0.15) is 23.6 Å². The van der Waals surface area contributed by atoms with Crippen LogP contribution < -0.4 is 4.74 Å². The monoisotopic (exact) mass is 383 g/mol. The van der Waals surface area contributed by atoms with Gasteiger partial charge in [0.2, 0.25) is 0 Å². The number of para-hydroxylation sites is 1. The molecule has 0 radical (unpaired) electrons. The van der Waals surface area contributed by atoms with E-state index in [2.05, 4.69) is 11.6 Å². The van der Waals surface area contributed by atoms with Crippen molar-refractivity contribution in [2.75, 3.05) is 0 Å². The summed E-state index contributed by atoms with van der Waals surface area (Å²) in [4.78, 5) is 4.68. The number of fused-ring (bicyclic) bond motifs is 1. The molecule has 0 amide bonds. The van der Waals surface area contributed by atoms with Gasteiger partial charge in [-0.3, -0.25) is 4.98 Å². The number of allylic oxidation sites excluding steroid dienone is 1. The Morgan fingerprint density at radius 2 is 1.83 bits per heavy atom. The zero-order valence-electron chi connectivity index (χ0n) is 16.6. The van der Waals surface area contributed by atoms with Crippen molar-refractivity contribution in [3.05, 3.63) is 102 Å². The number of aryl methyl sites for hydroxylation is 1. The van der Waals surface area contributed by atoms with Gasteiger partial charge in [0.1, 0.15) is 23.7 Å². The fourth-order valence-corrected chi connectivity index (χ4v) is 3.48. The van der Waals surface area contributed by atoms with Crippen molar-refractivity contribution in [2.24, 2.45) is 0 Å². The van der Waals surface area contributed by atoms with Gasteiger partial charge >= 0.3 is 0 Å². The van der Waals surface area contributed by atoms with Crippen LogP contribution in [0.15, 0.2) is 79.5 Å². The molecule has 0 fully saturated rings. The third-order valence-electron chi connectivity index (χ3n) is 5.00. The van der Waals surface area contributed by atoms with E-state index >= 15 is 0 Å². The Bertz CT molecular complexity index is 1200. The molecular weight excluding hydrogens is 361 g/mol. The normalized spacial score (nSPS) is 10.9. The van der Waals surface area contributed by atoms with E-state index in [-0.39, 0.29) is 5.82 Å². The Morgan fingerprint density at radius 3 is 2.55 bits per heavy atom. The molecule has 2 nitrogen and oxygen atoms in total. The summed E-state index contributed by atoms with van der Waals surface area (Å²) in [5.41, 5.74) is 6.28. The second-order valence-electron chi connectivity index (χ2n) is 7.22. The summed E-state index contributed by atoms with van der Waals surface area (Å²) >= 11 is 0. The molecule has 0 saturated heterocycles. The Morgan fingerprint density at radius 1 is 1.03 bits per heavy atom. The van der Waals surface area contributed by atoms with Crippen LogP contribution in [-0.4, -0.2) is 4.98 Å². The highest BCUT2D eigenvalue weighted by Crippen LogP contribution is 2.37. The number of aromatic nitrogens is 1. The summed E-state index contributed by atoms with van der Waals surface area (Å²) in [6.45, 7) is 8.31. The summed E-state index contributed by atoms with van der Waals surface area (Å²) in [6, 6.07) is 21.1. The van der Waals surface area contributed by atoms with E-state index < -0.39 is 0 Å². The zero-order chi connectivity index (χ0) is 20.4. The first kappa shape index (κ1) is 18.9. The molecule has 1 aromatic heterocycles. The number of pyridine rings is 1. The summed E-state index contributed by atoms with van der Waals surface area (Å²) in [5.74, 6) is 0.510. The minimum absolute atomic E-state index is 0.212. The number of hydrogen-bond donors (Lipinski definition) is 0. The Kier molecular flexibility index (Phi) is 5.13. The molecule has 0 unspecified atom stereocenters. The number of halogens is 1. The first-order chi connectivity index (χ1) is 14.0. The lowest BCUT2D eigenvalue weighted by Gasteiger charge is -2.16. The van der Waals surface area contributed by atoms with Gasteiger partial charge in [0.25, 0.3) is 0 Å². The van der Waals surface area contributed by atoms with Crippen molar-refractivity contribution in [2.45, 2.75) is 20.5 Å². The molecule has 0 spiro atoms. The maximum absolute atomic E-state index is 13.9. The van der Waals surface area contributed by atoms with E-state index in [1.54, 1.807) is 13.0 Å². The number of rotatable bonds is 5. The highest BCUT2D eigenvalue weighted by atomic mass is 19.1. The van der Waals surface area contributed by atoms with E-state index in [9.17, 15) is 4.39 Å². The molecule has 3 aromatic carbocycles. The molecule has 0 aliphatic heterocycles. The van der Waals surface area contributed by atoms with Crippen LogP contribution in [-0.2, 0) is 6.61 Å². The lowest BCUT2D eigenvalue weighted by atomic mass is 9.92. The quantitative estimate of drug-likeness (QED) is 0.371. The van der Waals surface area contributed by atoms with Gasteiger partial charge in [0, 0.05) is 22.7 Å². The van der Waals surface area contributed by atoms with Crippen LogP contribution in [0.3, 0.4) is 0 Å². The summed E-state index contributed by atoms with van der Waals surface area (Å²) in [5, 5.41) is 0.960. The average Bonchev–Trinajstić information content (AvgIpc) is 2.74. The Labute approximate surface area is 170 Å². The van der Waals surface area contributed by atoms with Gasteiger partial charge in [-0.25, -0.2) is 4.39 Å². The molecule has 4 aromatic rings. The molecule has 1 heterocycles. The third kappa shape index (κ3) is 3.77. The van der Waals surface area contributed by atoms with Crippen LogP contribution >= 0.6 is 0 Å². The van der Waals surface area contributed by atoms with Crippen molar-refractivity contribution < 1.29 is 9.13 Å². The number of ether oxygens (including phenoxy) is 1. The van der Waals surface area contributed by atoms with Gasteiger partial charge in [-0.2, -0.15) is 0 Å². The number of nitrogens with zero attached hydrogens (tertiary/aromatic N) is 1. The van der Waals surface area contributed by atoms with E-state index in [1.807, 2.05) is 67.7 Å². The predicted molar refractivity (Wildman–Crippen MR) is 117 cm³/mol. The van der Waals surface area contributed by atoms with Crippen molar-refractivity contribution >= 4 is 16.5 Å². The largest absolute Gasteiger partial charge is 0.487 e. The fourth-order valence-electron chi connectivity index (χ4n) is 3.48. The molecule has 0 atom stereocenters. The van der Waals surface area contributed by atoms with Gasteiger partial charge in [0.15, 0.2) is 0 Å². The fraction of sp³-hybridized carbons (Fsp3) is 0.115. The number of benzene rings is 3. The molecular formula is C26H22FNO. The average molecular weight is 383 g/mol. The summed E-state index contributed by atoms with van der Waals surface area (Å²) < 4.78 is 20.0. The molecule has 0 saturated carbocycles. The Balaban J connectivity index is 1.86. The molecule has 3 heteroatoms. The minimum atomic E-state index is -0.212. The molecule has 0 bridgehead atoms. The van der Waals surface area contributed by atoms with E-state index in [0.29, 0.717) is 12.2 Å².